The summed E-state index contributed by atoms with van der Waals surface area (Å²) in [6.45, 7) is 3.29. The second-order valence-electron chi connectivity index (χ2n) is 4.53. The number of benzene rings is 1. The first-order valence-corrected chi connectivity index (χ1v) is 6.38. The highest BCUT2D eigenvalue weighted by Crippen LogP contribution is 2.22. The van der Waals surface area contributed by atoms with Gasteiger partial charge in [0.05, 0.1) is 17.0 Å². The van der Waals surface area contributed by atoms with Crippen molar-refractivity contribution in [1.82, 2.24) is 5.32 Å². The van der Waals surface area contributed by atoms with Crippen LogP contribution in [0.15, 0.2) is 22.7 Å². The summed E-state index contributed by atoms with van der Waals surface area (Å²) in [5.74, 6) is -1.37. The molecule has 0 aromatic heterocycles. The Hall–Kier alpha value is -1.07. The van der Waals surface area contributed by atoms with Crippen molar-refractivity contribution in [3.05, 3.63) is 33.3 Å². The number of carbonyl (C=O) groups excluding carboxylic acids is 1. The first-order chi connectivity index (χ1) is 8.21. The molecule has 0 aliphatic carbocycles. The smallest absolute Gasteiger partial charge is 0.305 e. The van der Waals surface area contributed by atoms with E-state index in [1.54, 1.807) is 32.0 Å². The molecule has 0 radical (unpaired) electrons. The molecule has 0 heterocycles. The first kappa shape index (κ1) is 15.0. The second kappa shape index (κ2) is 5.71. The summed E-state index contributed by atoms with van der Waals surface area (Å²) in [6, 6.07) is 4.92. The highest BCUT2D eigenvalue weighted by molar-refractivity contribution is 9.10. The molecule has 0 aliphatic rings. The zero-order valence-electron chi connectivity index (χ0n) is 9.96. The fourth-order valence-electron chi connectivity index (χ4n) is 1.47. The molecule has 1 aromatic carbocycles. The Balaban J connectivity index is 2.88. The van der Waals surface area contributed by atoms with Crippen LogP contribution in [0.4, 0.5) is 0 Å². The minimum Gasteiger partial charge on any atom is -0.481 e. The van der Waals surface area contributed by atoms with E-state index in [0.717, 1.165) is 4.47 Å². The van der Waals surface area contributed by atoms with Crippen LogP contribution in [-0.2, 0) is 4.79 Å². The summed E-state index contributed by atoms with van der Waals surface area (Å²) in [4.78, 5) is 22.7. The second-order valence-corrected chi connectivity index (χ2v) is 5.86. The summed E-state index contributed by atoms with van der Waals surface area (Å²) in [5.41, 5.74) is -0.529. The molecule has 0 atom stereocenters. The van der Waals surface area contributed by atoms with Crippen molar-refractivity contribution in [3.63, 3.8) is 0 Å². The van der Waals surface area contributed by atoms with E-state index in [1.807, 2.05) is 0 Å². The molecule has 0 bridgehead atoms. The maximum absolute atomic E-state index is 12.0. The van der Waals surface area contributed by atoms with Gasteiger partial charge in [-0.15, -0.1) is 0 Å². The monoisotopic (exact) mass is 333 g/mol. The van der Waals surface area contributed by atoms with E-state index in [9.17, 15) is 9.59 Å². The minimum atomic E-state index is -0.972. The average Bonchev–Trinajstić information content (AvgIpc) is 2.18. The average molecular weight is 335 g/mol. The van der Waals surface area contributed by atoms with Gasteiger partial charge >= 0.3 is 5.97 Å². The SMILES string of the molecule is CC(C)(CC(=O)O)NC(=O)c1cc(Br)ccc1Cl. The van der Waals surface area contributed by atoms with Gasteiger partial charge in [0.15, 0.2) is 0 Å². The summed E-state index contributed by atoms with van der Waals surface area (Å²) >= 11 is 9.18. The topological polar surface area (TPSA) is 66.4 Å². The number of carboxylic acids is 1. The number of hydrogen-bond acceptors (Lipinski definition) is 2. The zero-order valence-corrected chi connectivity index (χ0v) is 12.3. The van der Waals surface area contributed by atoms with E-state index >= 15 is 0 Å². The number of nitrogens with one attached hydrogen (secondary N) is 1. The third-order valence-electron chi connectivity index (χ3n) is 2.22. The maximum atomic E-state index is 12.0. The predicted molar refractivity (Wildman–Crippen MR) is 73.0 cm³/mol. The van der Waals surface area contributed by atoms with Gasteiger partial charge in [0.25, 0.3) is 5.91 Å². The van der Waals surface area contributed by atoms with Crippen molar-refractivity contribution in [1.29, 1.82) is 0 Å². The number of rotatable bonds is 4. The summed E-state index contributed by atoms with van der Waals surface area (Å²) in [7, 11) is 0. The lowest BCUT2D eigenvalue weighted by atomic mass is 10.00. The number of amides is 1. The van der Waals surface area contributed by atoms with E-state index in [4.69, 9.17) is 16.7 Å². The van der Waals surface area contributed by atoms with Crippen molar-refractivity contribution in [2.75, 3.05) is 0 Å². The number of carboxylic acid groups (broad SMARTS) is 1. The highest BCUT2D eigenvalue weighted by Gasteiger charge is 2.25. The molecular formula is C12H13BrClNO3. The lowest BCUT2D eigenvalue weighted by Gasteiger charge is -2.24. The van der Waals surface area contributed by atoms with Crippen LogP contribution < -0.4 is 5.32 Å². The van der Waals surface area contributed by atoms with Crippen LogP contribution in [0, 0.1) is 0 Å². The van der Waals surface area contributed by atoms with Crippen LogP contribution >= 0.6 is 27.5 Å². The summed E-state index contributed by atoms with van der Waals surface area (Å²) in [5, 5.41) is 11.7. The standard InChI is InChI=1S/C12H13BrClNO3/c1-12(2,6-10(16)17)15-11(18)8-5-7(13)3-4-9(8)14/h3-5H,6H2,1-2H3,(H,15,18)(H,16,17). The van der Waals surface area contributed by atoms with Crippen LogP contribution in [0.25, 0.3) is 0 Å². The third kappa shape index (κ3) is 4.31. The largest absolute Gasteiger partial charge is 0.481 e. The predicted octanol–water partition coefficient (Wildman–Crippen LogP) is 3.09. The van der Waals surface area contributed by atoms with Crippen LogP contribution in [0.2, 0.25) is 5.02 Å². The first-order valence-electron chi connectivity index (χ1n) is 5.20. The quantitative estimate of drug-likeness (QED) is 0.889. The van der Waals surface area contributed by atoms with Gasteiger partial charge in [-0.1, -0.05) is 27.5 Å². The van der Waals surface area contributed by atoms with Crippen LogP contribution in [0.1, 0.15) is 30.6 Å². The van der Waals surface area contributed by atoms with Crippen molar-refractivity contribution in [2.45, 2.75) is 25.8 Å². The Kier molecular flexibility index (Phi) is 4.76. The Morgan fingerprint density at radius 3 is 2.61 bits per heavy atom. The van der Waals surface area contributed by atoms with Crippen molar-refractivity contribution < 1.29 is 14.7 Å². The molecule has 98 valence electrons. The van der Waals surface area contributed by atoms with Crippen molar-refractivity contribution >= 4 is 39.4 Å². The Labute approximate surface area is 118 Å². The molecule has 4 nitrogen and oxygen atoms in total. The molecule has 0 unspecified atom stereocenters. The highest BCUT2D eigenvalue weighted by atomic mass is 79.9. The van der Waals surface area contributed by atoms with Crippen molar-refractivity contribution in [3.8, 4) is 0 Å². The molecule has 0 aliphatic heterocycles. The minimum absolute atomic E-state index is 0.162. The fraction of sp³-hybridized carbons (Fsp3) is 0.333. The van der Waals surface area contributed by atoms with E-state index in [0.29, 0.717) is 10.6 Å². The maximum Gasteiger partial charge on any atom is 0.305 e. The van der Waals surface area contributed by atoms with Gasteiger partial charge in [0.1, 0.15) is 0 Å². The summed E-state index contributed by atoms with van der Waals surface area (Å²) in [6.07, 6.45) is -0.162. The van der Waals surface area contributed by atoms with E-state index in [-0.39, 0.29) is 6.42 Å². The number of carbonyl (C=O) groups is 2. The molecule has 1 rings (SSSR count). The van der Waals surface area contributed by atoms with Gasteiger partial charge in [-0.2, -0.15) is 0 Å². The van der Waals surface area contributed by atoms with E-state index in [1.165, 1.54) is 0 Å². The Bertz CT molecular complexity index is 488. The lowest BCUT2D eigenvalue weighted by molar-refractivity contribution is -0.138. The lowest BCUT2D eigenvalue weighted by Crippen LogP contribution is -2.45. The fourth-order valence-corrected chi connectivity index (χ4v) is 2.03. The molecule has 1 amide bonds. The number of halogens is 2. The van der Waals surface area contributed by atoms with Crippen LogP contribution in [-0.4, -0.2) is 22.5 Å². The van der Waals surface area contributed by atoms with Gasteiger partial charge in [-0.3, -0.25) is 9.59 Å². The molecule has 0 saturated heterocycles. The van der Waals surface area contributed by atoms with Gasteiger partial charge < -0.3 is 10.4 Å². The van der Waals surface area contributed by atoms with E-state index < -0.39 is 17.4 Å². The molecule has 2 N–H and O–H groups in total. The third-order valence-corrected chi connectivity index (χ3v) is 3.04. The molecule has 0 saturated carbocycles. The molecule has 0 fully saturated rings. The van der Waals surface area contributed by atoms with Crippen LogP contribution in [0.3, 0.4) is 0 Å². The Morgan fingerprint density at radius 1 is 1.44 bits per heavy atom. The van der Waals surface area contributed by atoms with Gasteiger partial charge in [0, 0.05) is 10.0 Å². The molecule has 1 aromatic rings. The van der Waals surface area contributed by atoms with Gasteiger partial charge in [-0.25, -0.2) is 0 Å². The Morgan fingerprint density at radius 2 is 2.06 bits per heavy atom. The number of aliphatic carboxylic acids is 1. The van der Waals surface area contributed by atoms with Gasteiger partial charge in [0.2, 0.25) is 0 Å². The molecule has 0 spiro atoms. The van der Waals surface area contributed by atoms with Crippen molar-refractivity contribution in [2.24, 2.45) is 0 Å². The normalized spacial score (nSPS) is 11.1. The van der Waals surface area contributed by atoms with E-state index in [2.05, 4.69) is 21.2 Å². The molecule has 18 heavy (non-hydrogen) atoms. The van der Waals surface area contributed by atoms with Crippen LogP contribution in [0.5, 0.6) is 0 Å². The molecular weight excluding hydrogens is 321 g/mol. The molecule has 6 heteroatoms. The number of hydrogen-bond donors (Lipinski definition) is 2. The van der Waals surface area contributed by atoms with Gasteiger partial charge in [-0.05, 0) is 32.0 Å². The zero-order chi connectivity index (χ0) is 13.9. The summed E-state index contributed by atoms with van der Waals surface area (Å²) < 4.78 is 0.730.